The van der Waals surface area contributed by atoms with E-state index in [-0.39, 0.29) is 4.21 Å². The second kappa shape index (κ2) is 5.32. The van der Waals surface area contributed by atoms with Crippen molar-refractivity contribution in [2.45, 2.75) is 24.6 Å². The molecule has 0 atom stereocenters. The molecular weight excluding hydrogens is 280 g/mol. The van der Waals surface area contributed by atoms with Crippen LogP contribution in [0.25, 0.3) is 0 Å². The maximum atomic E-state index is 12.2. The molecule has 0 unspecified atom stereocenters. The van der Waals surface area contributed by atoms with Gasteiger partial charge in [0.1, 0.15) is 4.21 Å². The molecule has 0 radical (unpaired) electrons. The maximum Gasteiger partial charge on any atom is 0.271 e. The maximum absolute atomic E-state index is 12.2. The average Bonchev–Trinajstić information content (AvgIpc) is 2.82. The predicted molar refractivity (Wildman–Crippen MR) is 78.9 cm³/mol. The van der Waals surface area contributed by atoms with E-state index in [1.807, 2.05) is 26.0 Å². The van der Waals surface area contributed by atoms with Crippen LogP contribution in [-0.2, 0) is 16.6 Å². The standard InChI is InChI=1S/C13H16N2O2S2/c1-9-3-4-12(10(2)5-9)15-19(16,17)13-6-11(7-14)8-18-13/h3-6,8,15H,7,14H2,1-2H3. The van der Waals surface area contributed by atoms with Crippen LogP contribution in [0.5, 0.6) is 0 Å². The van der Waals surface area contributed by atoms with Gasteiger partial charge in [-0.1, -0.05) is 17.7 Å². The summed E-state index contributed by atoms with van der Waals surface area (Å²) in [7, 11) is -3.52. The summed E-state index contributed by atoms with van der Waals surface area (Å²) in [6.07, 6.45) is 0. The number of thiophene rings is 1. The van der Waals surface area contributed by atoms with Gasteiger partial charge in [-0.25, -0.2) is 8.42 Å². The van der Waals surface area contributed by atoms with Crippen molar-refractivity contribution in [1.82, 2.24) is 0 Å². The van der Waals surface area contributed by atoms with Crippen LogP contribution in [0.4, 0.5) is 5.69 Å². The fourth-order valence-electron chi connectivity index (χ4n) is 1.72. The van der Waals surface area contributed by atoms with Gasteiger partial charge in [-0.05, 0) is 42.5 Å². The van der Waals surface area contributed by atoms with Gasteiger partial charge in [-0.15, -0.1) is 11.3 Å². The monoisotopic (exact) mass is 296 g/mol. The average molecular weight is 296 g/mol. The number of nitrogens with one attached hydrogen (secondary N) is 1. The smallest absolute Gasteiger partial charge is 0.271 e. The van der Waals surface area contributed by atoms with Crippen LogP contribution in [0.15, 0.2) is 33.9 Å². The third-order valence-electron chi connectivity index (χ3n) is 2.76. The number of rotatable bonds is 4. The number of nitrogens with two attached hydrogens (primary N) is 1. The lowest BCUT2D eigenvalue weighted by Crippen LogP contribution is -2.12. The van der Waals surface area contributed by atoms with Crippen molar-refractivity contribution in [3.8, 4) is 0 Å². The van der Waals surface area contributed by atoms with Crippen LogP contribution in [-0.4, -0.2) is 8.42 Å². The van der Waals surface area contributed by atoms with E-state index in [0.717, 1.165) is 16.7 Å². The summed E-state index contributed by atoms with van der Waals surface area (Å²) < 4.78 is 27.3. The van der Waals surface area contributed by atoms with Gasteiger partial charge >= 0.3 is 0 Å². The molecule has 3 N–H and O–H groups in total. The van der Waals surface area contributed by atoms with Crippen LogP contribution in [0.1, 0.15) is 16.7 Å². The Morgan fingerprint density at radius 3 is 2.58 bits per heavy atom. The van der Waals surface area contributed by atoms with Gasteiger partial charge in [0.2, 0.25) is 0 Å². The SMILES string of the molecule is Cc1ccc(NS(=O)(=O)c2cc(CN)cs2)c(C)c1. The minimum absolute atomic E-state index is 0.285. The van der Waals surface area contributed by atoms with E-state index in [1.54, 1.807) is 17.5 Å². The van der Waals surface area contributed by atoms with Gasteiger partial charge in [0, 0.05) is 6.54 Å². The minimum atomic E-state index is -3.52. The molecule has 0 amide bonds. The van der Waals surface area contributed by atoms with Gasteiger partial charge in [0.15, 0.2) is 0 Å². The highest BCUT2D eigenvalue weighted by Crippen LogP contribution is 2.24. The Morgan fingerprint density at radius 1 is 1.26 bits per heavy atom. The molecule has 1 heterocycles. The summed E-state index contributed by atoms with van der Waals surface area (Å²) in [6, 6.07) is 7.21. The number of anilines is 1. The van der Waals surface area contributed by atoms with Crippen molar-refractivity contribution in [2.75, 3.05) is 4.72 Å². The predicted octanol–water partition coefficient (Wildman–Crippen LogP) is 2.62. The second-order valence-electron chi connectivity index (χ2n) is 4.40. The summed E-state index contributed by atoms with van der Waals surface area (Å²) in [4.78, 5) is 0. The Kier molecular flexibility index (Phi) is 3.93. The van der Waals surface area contributed by atoms with Crippen LogP contribution in [0.2, 0.25) is 0 Å². The fourth-order valence-corrected chi connectivity index (χ4v) is 4.08. The highest BCUT2D eigenvalue weighted by atomic mass is 32.2. The second-order valence-corrected chi connectivity index (χ2v) is 7.22. The number of sulfonamides is 1. The molecule has 0 aliphatic carbocycles. The summed E-state index contributed by atoms with van der Waals surface area (Å²) in [5.41, 5.74) is 8.92. The zero-order chi connectivity index (χ0) is 14.0. The number of benzene rings is 1. The first-order valence-electron chi connectivity index (χ1n) is 5.80. The van der Waals surface area contributed by atoms with E-state index < -0.39 is 10.0 Å². The fraction of sp³-hybridized carbons (Fsp3) is 0.231. The van der Waals surface area contributed by atoms with Gasteiger partial charge < -0.3 is 5.73 Å². The van der Waals surface area contributed by atoms with Crippen molar-refractivity contribution in [2.24, 2.45) is 5.73 Å². The Morgan fingerprint density at radius 2 is 2.00 bits per heavy atom. The molecular formula is C13H16N2O2S2. The van der Waals surface area contributed by atoms with Crippen molar-refractivity contribution in [1.29, 1.82) is 0 Å². The first-order valence-corrected chi connectivity index (χ1v) is 8.16. The molecule has 2 aromatic rings. The van der Waals surface area contributed by atoms with E-state index >= 15 is 0 Å². The molecule has 102 valence electrons. The quantitative estimate of drug-likeness (QED) is 0.911. The zero-order valence-corrected chi connectivity index (χ0v) is 12.4. The van der Waals surface area contributed by atoms with E-state index in [9.17, 15) is 8.42 Å². The topological polar surface area (TPSA) is 72.2 Å². The molecule has 1 aromatic carbocycles. The number of hydrogen-bond donors (Lipinski definition) is 2. The first kappa shape index (κ1) is 14.0. The van der Waals surface area contributed by atoms with Crippen molar-refractivity contribution < 1.29 is 8.42 Å². The van der Waals surface area contributed by atoms with Gasteiger partial charge in [0.25, 0.3) is 10.0 Å². The van der Waals surface area contributed by atoms with Gasteiger partial charge in [0.05, 0.1) is 5.69 Å². The van der Waals surface area contributed by atoms with E-state index in [1.165, 1.54) is 11.3 Å². The lowest BCUT2D eigenvalue weighted by atomic mass is 10.1. The van der Waals surface area contributed by atoms with Crippen molar-refractivity contribution >= 4 is 27.0 Å². The van der Waals surface area contributed by atoms with Gasteiger partial charge in [-0.3, -0.25) is 4.72 Å². The van der Waals surface area contributed by atoms with Crippen LogP contribution >= 0.6 is 11.3 Å². The molecule has 0 fully saturated rings. The number of hydrogen-bond acceptors (Lipinski definition) is 4. The normalized spacial score (nSPS) is 11.5. The molecule has 19 heavy (non-hydrogen) atoms. The molecule has 0 saturated carbocycles. The molecule has 0 aliphatic heterocycles. The molecule has 0 aliphatic rings. The molecule has 2 rings (SSSR count). The lowest BCUT2D eigenvalue weighted by molar-refractivity contribution is 0.603. The third kappa shape index (κ3) is 3.15. The molecule has 6 heteroatoms. The summed E-state index contributed by atoms with van der Waals surface area (Å²) in [5.74, 6) is 0. The van der Waals surface area contributed by atoms with E-state index in [2.05, 4.69) is 4.72 Å². The summed E-state index contributed by atoms with van der Waals surface area (Å²) in [5, 5.41) is 1.76. The van der Waals surface area contributed by atoms with Crippen LogP contribution < -0.4 is 10.5 Å². The molecule has 0 saturated heterocycles. The van der Waals surface area contributed by atoms with E-state index in [4.69, 9.17) is 5.73 Å². The highest BCUT2D eigenvalue weighted by molar-refractivity contribution is 7.94. The first-order chi connectivity index (χ1) is 8.92. The molecule has 0 spiro atoms. The van der Waals surface area contributed by atoms with Crippen LogP contribution in [0, 0.1) is 13.8 Å². The molecule has 0 bridgehead atoms. The Balaban J connectivity index is 2.30. The van der Waals surface area contributed by atoms with Crippen LogP contribution in [0.3, 0.4) is 0 Å². The Labute approximate surface area is 117 Å². The molecule has 1 aromatic heterocycles. The summed E-state index contributed by atoms with van der Waals surface area (Å²) in [6.45, 7) is 4.19. The molecule has 4 nitrogen and oxygen atoms in total. The van der Waals surface area contributed by atoms with Gasteiger partial charge in [-0.2, -0.15) is 0 Å². The zero-order valence-electron chi connectivity index (χ0n) is 10.8. The lowest BCUT2D eigenvalue weighted by Gasteiger charge is -2.09. The Hall–Kier alpha value is -1.37. The van der Waals surface area contributed by atoms with Crippen molar-refractivity contribution in [3.05, 3.63) is 46.3 Å². The largest absolute Gasteiger partial charge is 0.326 e. The number of aryl methyl sites for hydroxylation is 2. The Bertz CT molecular complexity index is 690. The highest BCUT2D eigenvalue weighted by Gasteiger charge is 2.17. The van der Waals surface area contributed by atoms with E-state index in [0.29, 0.717) is 12.2 Å². The third-order valence-corrected chi connectivity index (χ3v) is 5.61. The summed E-state index contributed by atoms with van der Waals surface area (Å²) >= 11 is 1.18. The van der Waals surface area contributed by atoms with Crippen molar-refractivity contribution in [3.63, 3.8) is 0 Å². The minimum Gasteiger partial charge on any atom is -0.326 e.